The summed E-state index contributed by atoms with van der Waals surface area (Å²) in [5, 5.41) is 3.21. The molecular formula is C8H13N5. The predicted octanol–water partition coefficient (Wildman–Crippen LogP) is 0.583. The van der Waals surface area contributed by atoms with Gasteiger partial charge in [-0.1, -0.05) is 6.92 Å². The molecule has 5 heteroatoms. The van der Waals surface area contributed by atoms with Gasteiger partial charge in [-0.05, 0) is 19.3 Å². The van der Waals surface area contributed by atoms with Crippen molar-refractivity contribution in [1.82, 2.24) is 15.0 Å². The zero-order valence-corrected chi connectivity index (χ0v) is 7.78. The van der Waals surface area contributed by atoms with Crippen LogP contribution < -0.4 is 11.1 Å². The van der Waals surface area contributed by atoms with E-state index in [9.17, 15) is 0 Å². The van der Waals surface area contributed by atoms with E-state index in [4.69, 9.17) is 5.73 Å². The van der Waals surface area contributed by atoms with Crippen molar-refractivity contribution < 1.29 is 0 Å². The number of rotatable bonds is 2. The first kappa shape index (κ1) is 8.22. The second-order valence-corrected chi connectivity index (χ2v) is 3.53. The van der Waals surface area contributed by atoms with Gasteiger partial charge >= 0.3 is 0 Å². The summed E-state index contributed by atoms with van der Waals surface area (Å²) in [4.78, 5) is 12.0. The molecule has 1 aromatic heterocycles. The molecular weight excluding hydrogens is 166 g/mol. The van der Waals surface area contributed by atoms with Crippen LogP contribution in [-0.4, -0.2) is 21.0 Å². The van der Waals surface area contributed by atoms with Gasteiger partial charge in [0.1, 0.15) is 5.82 Å². The van der Waals surface area contributed by atoms with E-state index in [0.29, 0.717) is 17.8 Å². The maximum atomic E-state index is 5.49. The van der Waals surface area contributed by atoms with Gasteiger partial charge < -0.3 is 11.1 Å². The molecule has 3 N–H and O–H groups in total. The van der Waals surface area contributed by atoms with Crippen LogP contribution in [0.15, 0.2) is 0 Å². The maximum absolute atomic E-state index is 5.49. The Morgan fingerprint density at radius 1 is 1.38 bits per heavy atom. The summed E-state index contributed by atoms with van der Waals surface area (Å²) < 4.78 is 0. The lowest BCUT2D eigenvalue weighted by molar-refractivity contribution is 0.899. The highest BCUT2D eigenvalue weighted by Crippen LogP contribution is 2.31. The summed E-state index contributed by atoms with van der Waals surface area (Å²) in [6.45, 7) is 3.99. The molecule has 0 spiro atoms. The first-order valence-corrected chi connectivity index (χ1v) is 4.40. The van der Waals surface area contributed by atoms with Crippen LogP contribution in [0.1, 0.15) is 19.2 Å². The average Bonchev–Trinajstić information content (AvgIpc) is 2.63. The van der Waals surface area contributed by atoms with Gasteiger partial charge in [-0.25, -0.2) is 0 Å². The third-order valence-corrected chi connectivity index (χ3v) is 2.19. The highest BCUT2D eigenvalue weighted by atomic mass is 15.2. The summed E-state index contributed by atoms with van der Waals surface area (Å²) in [7, 11) is 0. The highest BCUT2D eigenvalue weighted by molar-refractivity contribution is 5.33. The molecule has 1 fully saturated rings. The van der Waals surface area contributed by atoms with Gasteiger partial charge in [0.2, 0.25) is 11.9 Å². The summed E-state index contributed by atoms with van der Waals surface area (Å²) in [5.74, 6) is 2.25. The van der Waals surface area contributed by atoms with Crippen LogP contribution in [-0.2, 0) is 0 Å². The molecule has 0 bridgehead atoms. The fourth-order valence-corrected chi connectivity index (χ4v) is 1.26. The van der Waals surface area contributed by atoms with Crippen molar-refractivity contribution in [2.24, 2.45) is 5.92 Å². The molecule has 2 unspecified atom stereocenters. The molecule has 0 aliphatic heterocycles. The van der Waals surface area contributed by atoms with Crippen molar-refractivity contribution in [2.75, 3.05) is 11.1 Å². The van der Waals surface area contributed by atoms with Crippen LogP contribution >= 0.6 is 0 Å². The number of nitrogens with two attached hydrogens (primary N) is 1. The van der Waals surface area contributed by atoms with Gasteiger partial charge in [-0.2, -0.15) is 15.0 Å². The minimum Gasteiger partial charge on any atom is -0.368 e. The lowest BCUT2D eigenvalue weighted by atomic mass is 10.5. The molecule has 1 heterocycles. The fourth-order valence-electron chi connectivity index (χ4n) is 1.26. The quantitative estimate of drug-likeness (QED) is 0.694. The number of hydrogen-bond donors (Lipinski definition) is 2. The largest absolute Gasteiger partial charge is 0.368 e. The number of nitrogens with one attached hydrogen (secondary N) is 1. The first-order chi connectivity index (χ1) is 6.15. The van der Waals surface area contributed by atoms with E-state index >= 15 is 0 Å². The van der Waals surface area contributed by atoms with Crippen LogP contribution in [0.2, 0.25) is 0 Å². The van der Waals surface area contributed by atoms with E-state index in [1.165, 1.54) is 6.42 Å². The second-order valence-electron chi connectivity index (χ2n) is 3.53. The third-order valence-electron chi connectivity index (χ3n) is 2.19. The predicted molar refractivity (Wildman–Crippen MR) is 50.2 cm³/mol. The molecule has 1 saturated carbocycles. The molecule has 1 aliphatic rings. The number of hydrogen-bond acceptors (Lipinski definition) is 5. The Hall–Kier alpha value is -1.39. The van der Waals surface area contributed by atoms with E-state index in [1.54, 1.807) is 6.92 Å². The van der Waals surface area contributed by atoms with Crippen LogP contribution in [0.5, 0.6) is 0 Å². The minimum atomic E-state index is 0.281. The van der Waals surface area contributed by atoms with Crippen molar-refractivity contribution in [1.29, 1.82) is 0 Å². The van der Waals surface area contributed by atoms with E-state index in [0.717, 1.165) is 5.92 Å². The van der Waals surface area contributed by atoms with E-state index in [-0.39, 0.29) is 5.95 Å². The SMILES string of the molecule is Cc1nc(N)nc(NC2CC2C)n1. The number of nitrogen functional groups attached to an aromatic ring is 1. The monoisotopic (exact) mass is 179 g/mol. The Balaban J connectivity index is 2.11. The van der Waals surface area contributed by atoms with Crippen LogP contribution in [0.4, 0.5) is 11.9 Å². The van der Waals surface area contributed by atoms with Crippen LogP contribution in [0.3, 0.4) is 0 Å². The van der Waals surface area contributed by atoms with E-state index in [1.807, 2.05) is 0 Å². The Morgan fingerprint density at radius 2 is 2.08 bits per heavy atom. The lowest BCUT2D eigenvalue weighted by Gasteiger charge is -2.03. The van der Waals surface area contributed by atoms with Crippen LogP contribution in [0, 0.1) is 12.8 Å². The third kappa shape index (κ3) is 1.85. The Bertz CT molecular complexity index is 304. The zero-order chi connectivity index (χ0) is 9.42. The molecule has 13 heavy (non-hydrogen) atoms. The lowest BCUT2D eigenvalue weighted by Crippen LogP contribution is -2.10. The number of aromatic nitrogens is 3. The summed E-state index contributed by atoms with van der Waals surface area (Å²) in [5.41, 5.74) is 5.49. The molecule has 2 atom stereocenters. The number of nitrogens with zero attached hydrogens (tertiary/aromatic N) is 3. The molecule has 0 aromatic carbocycles. The Morgan fingerprint density at radius 3 is 2.62 bits per heavy atom. The molecule has 5 nitrogen and oxygen atoms in total. The highest BCUT2D eigenvalue weighted by Gasteiger charge is 2.33. The van der Waals surface area contributed by atoms with Crippen molar-refractivity contribution in [3.8, 4) is 0 Å². The van der Waals surface area contributed by atoms with Crippen molar-refractivity contribution in [2.45, 2.75) is 26.3 Å². The van der Waals surface area contributed by atoms with Gasteiger partial charge in [-0.15, -0.1) is 0 Å². The van der Waals surface area contributed by atoms with E-state index in [2.05, 4.69) is 27.2 Å². The molecule has 0 saturated heterocycles. The molecule has 1 aromatic rings. The standard InChI is InChI=1S/C8H13N5/c1-4-3-6(4)12-8-11-5(2)10-7(9)13-8/h4,6H,3H2,1-2H3,(H3,9,10,11,12,13). The Kier molecular flexibility index (Phi) is 1.79. The first-order valence-electron chi connectivity index (χ1n) is 4.40. The normalized spacial score (nSPS) is 25.7. The molecule has 0 radical (unpaired) electrons. The molecule has 70 valence electrons. The molecule has 2 rings (SSSR count). The zero-order valence-electron chi connectivity index (χ0n) is 7.78. The van der Waals surface area contributed by atoms with Crippen molar-refractivity contribution in [3.05, 3.63) is 5.82 Å². The average molecular weight is 179 g/mol. The summed E-state index contributed by atoms with van der Waals surface area (Å²) >= 11 is 0. The summed E-state index contributed by atoms with van der Waals surface area (Å²) in [6.07, 6.45) is 1.19. The molecule has 1 aliphatic carbocycles. The minimum absolute atomic E-state index is 0.281. The smallest absolute Gasteiger partial charge is 0.227 e. The van der Waals surface area contributed by atoms with Gasteiger partial charge in [-0.3, -0.25) is 0 Å². The van der Waals surface area contributed by atoms with Crippen molar-refractivity contribution in [3.63, 3.8) is 0 Å². The number of aryl methyl sites for hydroxylation is 1. The van der Waals surface area contributed by atoms with Crippen molar-refractivity contribution >= 4 is 11.9 Å². The van der Waals surface area contributed by atoms with Gasteiger partial charge in [0.15, 0.2) is 0 Å². The molecule has 0 amide bonds. The van der Waals surface area contributed by atoms with Gasteiger partial charge in [0.05, 0.1) is 0 Å². The second kappa shape index (κ2) is 2.83. The Labute approximate surface area is 76.8 Å². The summed E-state index contributed by atoms with van der Waals surface area (Å²) in [6, 6.07) is 0.515. The van der Waals surface area contributed by atoms with Gasteiger partial charge in [0.25, 0.3) is 0 Å². The van der Waals surface area contributed by atoms with Gasteiger partial charge in [0, 0.05) is 6.04 Å². The van der Waals surface area contributed by atoms with Crippen LogP contribution in [0.25, 0.3) is 0 Å². The maximum Gasteiger partial charge on any atom is 0.227 e. The fraction of sp³-hybridized carbons (Fsp3) is 0.625. The topological polar surface area (TPSA) is 76.7 Å². The number of anilines is 2. The van der Waals surface area contributed by atoms with E-state index < -0.39 is 0 Å².